The Labute approximate surface area is 480 Å². The highest BCUT2D eigenvalue weighted by Gasteiger charge is 2.44. The van der Waals surface area contributed by atoms with Crippen LogP contribution in [0.4, 0.5) is 0 Å². The molecule has 0 bridgehead atoms. The predicted molar refractivity (Wildman–Crippen MR) is 305 cm³/mol. The molecular weight excluding hydrogens is 1050 g/mol. The summed E-state index contributed by atoms with van der Waals surface area (Å²) in [5, 5.41) is 25.6. The number of nitrogens with one attached hydrogen (secondary N) is 6. The van der Waals surface area contributed by atoms with Crippen molar-refractivity contribution in [1.82, 2.24) is 46.6 Å². The highest BCUT2D eigenvalue weighted by atomic mass is 16.5. The summed E-state index contributed by atoms with van der Waals surface area (Å²) in [6.45, 7) is 20.1. The SMILES string of the molecule is CC[C@H](C)[C@@H]([C@@H](CC(=O)N1CCC[C@H]1[C@H](OC)[C@@H](C)C(=O)N[C@@H](Cc1ccccc1)C(=O)NCCCOC(=O)[C@H](C)NC(=O)C[C@H](NC(=O)CCNC(=O)C(C)(C)C)C(=O)O)OC)N(C)C(=O)C(NC(=O)C(C(C)C)N(C)C)C(C)C. The minimum Gasteiger partial charge on any atom is -0.480 e. The maximum absolute atomic E-state index is 14.5. The molecule has 1 aromatic carbocycles. The van der Waals surface area contributed by atoms with Gasteiger partial charge in [-0.15, -0.1) is 0 Å². The zero-order valence-electron chi connectivity index (χ0n) is 51.0. The first-order valence-corrected chi connectivity index (χ1v) is 28.4. The van der Waals surface area contributed by atoms with Gasteiger partial charge in [-0.1, -0.05) is 106 Å². The molecule has 23 heteroatoms. The standard InChI is InChI=1S/C58H97N9O14/c1-17-36(6)49(66(14)54(74)47(34(2)3)64-53(73)48(35(4)5)65(12)13)43(79-15)33-46(70)67-29-21-25-42(67)50(80-16)37(7)51(71)63-40(31-39-23-19-18-20-24-39)52(72)59-27-22-30-81-56(77)38(8)61-45(69)32-41(55(75)76)62-44(68)26-28-60-57(78)58(9,10)11/h18-20,23-24,34-38,40-43,47-50H,17,21-22,25-33H2,1-16H3,(H,59,72)(H,60,78)(H,61,69)(H,62,68)(H,63,71)(H,64,73)(H,75,76)/t36-,37+,38-,40-,41-,42-,43+,47?,48?,49-,50+/m0/s1. The zero-order chi connectivity index (χ0) is 61.5. The number of likely N-dealkylation sites (N-methyl/N-ethyl adjacent to an activating group) is 2. The summed E-state index contributed by atoms with van der Waals surface area (Å²) in [5.74, 6) is -7.07. The first-order valence-electron chi connectivity index (χ1n) is 28.4. The van der Waals surface area contributed by atoms with Crippen molar-refractivity contribution in [2.75, 3.05) is 61.6 Å². The number of hydrogen-bond acceptors (Lipinski definition) is 14. The molecule has 23 nitrogen and oxygen atoms in total. The van der Waals surface area contributed by atoms with Crippen molar-refractivity contribution in [3.05, 3.63) is 35.9 Å². The molecule has 1 heterocycles. The van der Waals surface area contributed by atoms with Crippen LogP contribution in [0.3, 0.4) is 0 Å². The molecule has 1 saturated heterocycles. The summed E-state index contributed by atoms with van der Waals surface area (Å²) >= 11 is 0. The lowest BCUT2D eigenvalue weighted by Gasteiger charge is -2.41. The number of likely N-dealkylation sites (tertiary alicyclic amines) is 1. The van der Waals surface area contributed by atoms with E-state index >= 15 is 0 Å². The molecule has 458 valence electrons. The largest absolute Gasteiger partial charge is 0.480 e. The number of ether oxygens (including phenoxy) is 3. The van der Waals surface area contributed by atoms with E-state index in [0.717, 1.165) is 5.56 Å². The maximum Gasteiger partial charge on any atom is 0.328 e. The lowest BCUT2D eigenvalue weighted by molar-refractivity contribution is -0.148. The Balaban J connectivity index is 2.12. The van der Waals surface area contributed by atoms with Gasteiger partial charge < -0.3 is 61.0 Å². The third-order valence-corrected chi connectivity index (χ3v) is 14.8. The first-order chi connectivity index (χ1) is 37.9. The summed E-state index contributed by atoms with van der Waals surface area (Å²) in [6, 6.07) is 2.96. The number of carboxylic acid groups (broad SMARTS) is 1. The maximum atomic E-state index is 14.5. The van der Waals surface area contributed by atoms with E-state index in [1.165, 1.54) is 21.1 Å². The van der Waals surface area contributed by atoms with Crippen LogP contribution in [-0.2, 0) is 68.6 Å². The number of benzene rings is 1. The van der Waals surface area contributed by atoms with E-state index in [4.69, 9.17) is 14.2 Å². The normalized spacial score (nSPS) is 17.3. The fraction of sp³-hybridized carbons (Fsp3) is 0.724. The van der Waals surface area contributed by atoms with E-state index in [1.54, 1.807) is 44.5 Å². The molecule has 0 radical (unpaired) electrons. The third kappa shape index (κ3) is 22.6. The van der Waals surface area contributed by atoms with Gasteiger partial charge in [-0.05, 0) is 63.6 Å². The Morgan fingerprint density at radius 2 is 1.40 bits per heavy atom. The lowest BCUT2D eigenvalue weighted by atomic mass is 9.89. The van der Waals surface area contributed by atoms with E-state index in [0.29, 0.717) is 25.8 Å². The van der Waals surface area contributed by atoms with Crippen LogP contribution in [0.1, 0.15) is 127 Å². The van der Waals surface area contributed by atoms with Gasteiger partial charge >= 0.3 is 11.9 Å². The third-order valence-electron chi connectivity index (χ3n) is 14.8. The topological polar surface area (TPSA) is 301 Å². The molecular formula is C58H97N9O14. The van der Waals surface area contributed by atoms with Crippen LogP contribution in [0.5, 0.6) is 0 Å². The van der Waals surface area contributed by atoms with Gasteiger partial charge in [0.1, 0.15) is 24.2 Å². The second kappa shape index (κ2) is 34.3. The van der Waals surface area contributed by atoms with Crippen molar-refractivity contribution in [2.45, 2.75) is 182 Å². The fourth-order valence-corrected chi connectivity index (χ4v) is 10.0. The van der Waals surface area contributed by atoms with Crippen LogP contribution in [0.25, 0.3) is 0 Å². The quantitative estimate of drug-likeness (QED) is 0.0385. The Morgan fingerprint density at radius 3 is 1.94 bits per heavy atom. The lowest BCUT2D eigenvalue weighted by Crippen LogP contribution is -2.59. The van der Waals surface area contributed by atoms with Crippen molar-refractivity contribution in [3.8, 4) is 0 Å². The highest BCUT2D eigenvalue weighted by Crippen LogP contribution is 2.30. The number of esters is 1. The molecule has 2 unspecified atom stereocenters. The molecule has 81 heavy (non-hydrogen) atoms. The molecule has 0 saturated carbocycles. The second-order valence-electron chi connectivity index (χ2n) is 23.2. The minimum atomic E-state index is -1.60. The molecule has 7 N–H and O–H groups in total. The predicted octanol–water partition coefficient (Wildman–Crippen LogP) is 2.43. The summed E-state index contributed by atoms with van der Waals surface area (Å²) in [4.78, 5) is 137. The summed E-state index contributed by atoms with van der Waals surface area (Å²) in [6.07, 6.45) is -0.304. The van der Waals surface area contributed by atoms with Crippen molar-refractivity contribution < 1.29 is 67.3 Å². The summed E-state index contributed by atoms with van der Waals surface area (Å²) < 4.78 is 17.4. The number of amides is 8. The van der Waals surface area contributed by atoms with Crippen LogP contribution >= 0.6 is 0 Å². The van der Waals surface area contributed by atoms with Crippen LogP contribution < -0.4 is 31.9 Å². The molecule has 0 spiro atoms. The summed E-state index contributed by atoms with van der Waals surface area (Å²) in [7, 11) is 8.35. The number of rotatable bonds is 34. The zero-order valence-corrected chi connectivity index (χ0v) is 51.0. The van der Waals surface area contributed by atoms with Crippen LogP contribution in [-0.4, -0.2) is 195 Å². The highest BCUT2D eigenvalue weighted by molar-refractivity contribution is 5.92. The minimum absolute atomic E-state index is 0.00364. The van der Waals surface area contributed by atoms with E-state index < -0.39 is 108 Å². The average molecular weight is 1140 g/mol. The van der Waals surface area contributed by atoms with Gasteiger partial charge in [-0.3, -0.25) is 43.3 Å². The van der Waals surface area contributed by atoms with E-state index in [1.807, 2.05) is 90.9 Å². The molecule has 8 amide bonds. The molecule has 2 rings (SSSR count). The number of methoxy groups -OCH3 is 2. The van der Waals surface area contributed by atoms with Crippen LogP contribution in [0.2, 0.25) is 0 Å². The van der Waals surface area contributed by atoms with Crippen molar-refractivity contribution >= 4 is 59.2 Å². The Bertz CT molecular complexity index is 2230. The molecule has 0 aromatic heterocycles. The molecule has 1 aliphatic rings. The van der Waals surface area contributed by atoms with Crippen molar-refractivity contribution in [3.63, 3.8) is 0 Å². The number of carbonyl (C=O) groups excluding carboxylic acids is 9. The smallest absolute Gasteiger partial charge is 0.328 e. The van der Waals surface area contributed by atoms with Gasteiger partial charge in [-0.2, -0.15) is 0 Å². The first kappa shape index (κ1) is 70.9. The number of nitrogens with zero attached hydrogens (tertiary/aromatic N) is 3. The van der Waals surface area contributed by atoms with Crippen LogP contribution in [0, 0.1) is 29.1 Å². The van der Waals surface area contributed by atoms with Crippen LogP contribution in [0.15, 0.2) is 30.3 Å². The van der Waals surface area contributed by atoms with E-state index in [-0.39, 0.29) is 86.8 Å². The van der Waals surface area contributed by atoms with Gasteiger partial charge in [0.15, 0.2) is 0 Å². The molecule has 11 atom stereocenters. The van der Waals surface area contributed by atoms with Gasteiger partial charge in [0.2, 0.25) is 47.3 Å². The molecule has 1 aliphatic heterocycles. The number of carbonyl (C=O) groups is 10. The van der Waals surface area contributed by atoms with E-state index in [9.17, 15) is 53.1 Å². The van der Waals surface area contributed by atoms with Gasteiger partial charge in [0, 0.05) is 59.2 Å². The molecule has 1 fully saturated rings. The Morgan fingerprint density at radius 1 is 0.753 bits per heavy atom. The number of hydrogen-bond donors (Lipinski definition) is 7. The Kier molecular flexibility index (Phi) is 30.0. The summed E-state index contributed by atoms with van der Waals surface area (Å²) in [5.41, 5.74) is 0.0888. The van der Waals surface area contributed by atoms with E-state index in [2.05, 4.69) is 31.9 Å². The molecule has 1 aromatic rings. The number of aliphatic carboxylic acids is 1. The number of carboxylic acids is 1. The van der Waals surface area contributed by atoms with Crippen molar-refractivity contribution in [1.29, 1.82) is 0 Å². The van der Waals surface area contributed by atoms with Crippen molar-refractivity contribution in [2.24, 2.45) is 29.1 Å². The average Bonchev–Trinajstić information content (AvgIpc) is 3.91. The van der Waals surface area contributed by atoms with Gasteiger partial charge in [-0.25, -0.2) is 9.59 Å². The monoisotopic (exact) mass is 1140 g/mol. The Hall–Kier alpha value is -6.20. The van der Waals surface area contributed by atoms with Gasteiger partial charge in [0.05, 0.1) is 55.7 Å². The fourth-order valence-electron chi connectivity index (χ4n) is 10.0. The van der Waals surface area contributed by atoms with Gasteiger partial charge in [0.25, 0.3) is 0 Å². The molecule has 0 aliphatic carbocycles. The second-order valence-corrected chi connectivity index (χ2v) is 23.2.